The van der Waals surface area contributed by atoms with E-state index in [9.17, 15) is 0 Å². The average Bonchev–Trinajstić information content (AvgIpc) is 2.43. The van der Waals surface area contributed by atoms with Gasteiger partial charge < -0.3 is 14.0 Å². The normalized spacial score (nSPS) is 14.2. The van der Waals surface area contributed by atoms with Crippen LogP contribution in [0, 0.1) is 0 Å². The SMILES string of the molecule is CN=P(C)(OCCOCCOC)c1ccccc1. The predicted octanol–water partition coefficient (Wildman–Crippen LogP) is 2.37. The molecule has 1 unspecified atom stereocenters. The molecule has 18 heavy (non-hydrogen) atoms. The molecule has 0 aliphatic heterocycles. The zero-order valence-electron chi connectivity index (χ0n) is 11.3. The van der Waals surface area contributed by atoms with Crippen LogP contribution in [0.5, 0.6) is 0 Å². The van der Waals surface area contributed by atoms with Gasteiger partial charge in [0.05, 0.1) is 26.4 Å². The molecule has 0 heterocycles. The molecule has 0 bridgehead atoms. The summed E-state index contributed by atoms with van der Waals surface area (Å²) in [6, 6.07) is 10.1. The molecule has 0 aromatic heterocycles. The Balaban J connectivity index is 2.43. The highest BCUT2D eigenvalue weighted by Crippen LogP contribution is 2.44. The molecule has 0 radical (unpaired) electrons. The Morgan fingerprint density at radius 2 is 1.72 bits per heavy atom. The van der Waals surface area contributed by atoms with Crippen molar-refractivity contribution in [2.45, 2.75) is 0 Å². The second kappa shape index (κ2) is 8.44. The molecular weight excluding hydrogens is 249 g/mol. The number of benzene rings is 1. The van der Waals surface area contributed by atoms with E-state index < -0.39 is 7.28 Å². The molecule has 5 heteroatoms. The Bertz CT molecular complexity index is 381. The lowest BCUT2D eigenvalue weighted by molar-refractivity contribution is 0.0563. The van der Waals surface area contributed by atoms with Gasteiger partial charge in [-0.25, -0.2) is 0 Å². The highest BCUT2D eigenvalue weighted by atomic mass is 31.2. The van der Waals surface area contributed by atoms with Gasteiger partial charge in [-0.2, -0.15) is 0 Å². The van der Waals surface area contributed by atoms with Crippen LogP contribution >= 0.6 is 7.28 Å². The van der Waals surface area contributed by atoms with Crippen molar-refractivity contribution in [1.82, 2.24) is 0 Å². The fourth-order valence-corrected chi connectivity index (χ4v) is 3.12. The molecule has 0 aliphatic rings. The van der Waals surface area contributed by atoms with Crippen LogP contribution in [0.25, 0.3) is 0 Å². The second-order valence-electron chi connectivity index (χ2n) is 3.85. The Morgan fingerprint density at radius 3 is 2.33 bits per heavy atom. The molecule has 0 fully saturated rings. The molecule has 102 valence electrons. The minimum absolute atomic E-state index is 0.556. The van der Waals surface area contributed by atoms with Gasteiger partial charge in [-0.1, -0.05) is 30.3 Å². The summed E-state index contributed by atoms with van der Waals surface area (Å²) in [7, 11) is 1.63. The molecule has 1 atom stereocenters. The average molecular weight is 271 g/mol. The van der Waals surface area contributed by atoms with Crippen LogP contribution in [-0.2, 0) is 14.0 Å². The fraction of sp³-hybridized carbons (Fsp3) is 0.538. The van der Waals surface area contributed by atoms with Crippen molar-refractivity contribution in [3.05, 3.63) is 30.3 Å². The van der Waals surface area contributed by atoms with E-state index >= 15 is 0 Å². The smallest absolute Gasteiger partial charge is 0.110 e. The summed E-state index contributed by atoms with van der Waals surface area (Å²) in [5.41, 5.74) is 0. The first-order valence-corrected chi connectivity index (χ1v) is 8.08. The minimum Gasteiger partial charge on any atom is -0.382 e. The first kappa shape index (κ1) is 15.4. The van der Waals surface area contributed by atoms with Crippen LogP contribution in [0.3, 0.4) is 0 Å². The number of hydrogen-bond acceptors (Lipinski definition) is 4. The van der Waals surface area contributed by atoms with Crippen LogP contribution in [-0.4, -0.2) is 47.2 Å². The summed E-state index contributed by atoms with van der Waals surface area (Å²) in [6.07, 6.45) is 0. The molecule has 1 rings (SSSR count). The van der Waals surface area contributed by atoms with E-state index in [1.165, 1.54) is 0 Å². The number of hydrogen-bond donors (Lipinski definition) is 0. The van der Waals surface area contributed by atoms with E-state index in [1.807, 2.05) is 25.2 Å². The highest BCUT2D eigenvalue weighted by molar-refractivity contribution is 7.68. The van der Waals surface area contributed by atoms with Crippen LogP contribution in [0.2, 0.25) is 0 Å². The van der Waals surface area contributed by atoms with Gasteiger partial charge in [0.2, 0.25) is 0 Å². The Kier molecular flexibility index (Phi) is 7.21. The van der Waals surface area contributed by atoms with Crippen molar-refractivity contribution in [1.29, 1.82) is 0 Å². The topological polar surface area (TPSA) is 40.0 Å². The van der Waals surface area contributed by atoms with Crippen molar-refractivity contribution < 1.29 is 14.0 Å². The van der Waals surface area contributed by atoms with Crippen LogP contribution in [0.1, 0.15) is 0 Å². The third kappa shape index (κ3) is 4.91. The molecule has 0 aliphatic carbocycles. The maximum absolute atomic E-state index is 5.92. The Morgan fingerprint density at radius 1 is 1.06 bits per heavy atom. The molecule has 0 saturated heterocycles. The number of nitrogens with zero attached hydrogens (tertiary/aromatic N) is 1. The summed E-state index contributed by atoms with van der Waals surface area (Å²) in [5.74, 6) is 0. The van der Waals surface area contributed by atoms with Gasteiger partial charge in [0.1, 0.15) is 7.28 Å². The van der Waals surface area contributed by atoms with Gasteiger partial charge in [0.25, 0.3) is 0 Å². The van der Waals surface area contributed by atoms with E-state index in [2.05, 4.69) is 23.5 Å². The molecule has 0 spiro atoms. The number of methoxy groups -OCH3 is 1. The molecule has 0 amide bonds. The van der Waals surface area contributed by atoms with Crippen molar-refractivity contribution in [2.75, 3.05) is 47.2 Å². The van der Waals surface area contributed by atoms with Gasteiger partial charge in [-0.3, -0.25) is 4.74 Å². The van der Waals surface area contributed by atoms with Crippen molar-refractivity contribution in [3.63, 3.8) is 0 Å². The van der Waals surface area contributed by atoms with Crippen molar-refractivity contribution in [3.8, 4) is 0 Å². The molecule has 1 aromatic carbocycles. The maximum Gasteiger partial charge on any atom is 0.110 e. The van der Waals surface area contributed by atoms with Gasteiger partial charge in [-0.15, -0.1) is 0 Å². The predicted molar refractivity (Wildman–Crippen MR) is 75.9 cm³/mol. The highest BCUT2D eigenvalue weighted by Gasteiger charge is 2.14. The maximum atomic E-state index is 5.92. The number of rotatable bonds is 8. The molecule has 1 aromatic rings. The molecule has 0 saturated carbocycles. The molecule has 0 N–H and O–H groups in total. The van der Waals surface area contributed by atoms with Crippen molar-refractivity contribution in [2.24, 2.45) is 4.74 Å². The zero-order valence-corrected chi connectivity index (χ0v) is 12.2. The third-order valence-electron chi connectivity index (χ3n) is 2.62. The van der Waals surface area contributed by atoms with E-state index in [1.54, 1.807) is 7.11 Å². The second-order valence-corrected chi connectivity index (χ2v) is 6.79. The van der Waals surface area contributed by atoms with Gasteiger partial charge >= 0.3 is 0 Å². The van der Waals surface area contributed by atoms with E-state index in [4.69, 9.17) is 14.0 Å². The zero-order chi connectivity index (χ0) is 13.3. The van der Waals surface area contributed by atoms with Gasteiger partial charge in [0, 0.05) is 19.5 Å². The lowest BCUT2D eigenvalue weighted by atomic mass is 10.4. The summed E-state index contributed by atoms with van der Waals surface area (Å²) in [4.78, 5) is 0. The minimum atomic E-state index is -1.84. The summed E-state index contributed by atoms with van der Waals surface area (Å²) < 4.78 is 20.6. The third-order valence-corrected chi connectivity index (χ3v) is 5.32. The van der Waals surface area contributed by atoms with Crippen LogP contribution < -0.4 is 5.30 Å². The van der Waals surface area contributed by atoms with Crippen LogP contribution in [0.15, 0.2) is 35.1 Å². The lowest BCUT2D eigenvalue weighted by Gasteiger charge is -2.20. The Hall–Kier alpha value is -0.670. The largest absolute Gasteiger partial charge is 0.382 e. The molecular formula is C13H22NO3P. The van der Waals surface area contributed by atoms with Crippen LogP contribution in [0.4, 0.5) is 0 Å². The quantitative estimate of drug-likeness (QED) is 0.538. The molecule has 4 nitrogen and oxygen atoms in total. The van der Waals surface area contributed by atoms with Crippen molar-refractivity contribution >= 4 is 12.6 Å². The summed E-state index contributed by atoms with van der Waals surface area (Å²) in [6.45, 7) is 4.41. The van der Waals surface area contributed by atoms with Gasteiger partial charge in [0.15, 0.2) is 0 Å². The monoisotopic (exact) mass is 271 g/mol. The summed E-state index contributed by atoms with van der Waals surface area (Å²) in [5, 5.41) is 1.16. The lowest BCUT2D eigenvalue weighted by Crippen LogP contribution is -2.11. The van der Waals surface area contributed by atoms with Gasteiger partial charge in [-0.05, 0) is 6.66 Å². The number of ether oxygens (including phenoxy) is 2. The Labute approximate surface area is 109 Å². The van der Waals surface area contributed by atoms with E-state index in [0.29, 0.717) is 26.4 Å². The first-order chi connectivity index (χ1) is 8.73. The fourth-order valence-electron chi connectivity index (χ4n) is 1.47. The van der Waals surface area contributed by atoms with E-state index in [-0.39, 0.29) is 0 Å². The standard InChI is InChI=1S/C13H22NO3P/c1-14-18(3,13-7-5-4-6-8-13)17-12-11-16-10-9-15-2/h4-8H,9-12H2,1-3H3. The summed E-state index contributed by atoms with van der Waals surface area (Å²) >= 11 is 0. The first-order valence-electron chi connectivity index (χ1n) is 5.97. The van der Waals surface area contributed by atoms with E-state index in [0.717, 1.165) is 5.30 Å².